The van der Waals surface area contributed by atoms with E-state index in [9.17, 15) is 0 Å². The number of hydrogen-bond donors (Lipinski definition) is 2. The predicted molar refractivity (Wildman–Crippen MR) is 200 cm³/mol. The Morgan fingerprint density at radius 3 is 1.49 bits per heavy atom. The Morgan fingerprint density at radius 1 is 0.408 bits per heavy atom. The SMILES string of the molecule is C1=Cc2cc3[nH]c(c(-c4ccccc4)c4nc(cc5ccc(cc1n2)[nH]5)C=C4c1ccccc1)c(-c1ccccc1)c3-c1ccccc1.[Ag]. The van der Waals surface area contributed by atoms with Gasteiger partial charge in [0.2, 0.25) is 0 Å². The van der Waals surface area contributed by atoms with Gasteiger partial charge >= 0.3 is 0 Å². The Bertz CT molecular complexity index is 2530. The molecule has 2 aliphatic rings. The van der Waals surface area contributed by atoms with E-state index in [1.807, 2.05) is 0 Å². The number of benzene rings is 4. The van der Waals surface area contributed by atoms with Crippen LogP contribution in [0.2, 0.25) is 0 Å². The van der Waals surface area contributed by atoms with Crippen LogP contribution in [0.5, 0.6) is 0 Å². The van der Waals surface area contributed by atoms with E-state index in [1.165, 1.54) is 0 Å². The molecule has 5 heteroatoms. The number of hydrogen-bond acceptors (Lipinski definition) is 2. The summed E-state index contributed by atoms with van der Waals surface area (Å²) >= 11 is 0. The maximum atomic E-state index is 5.42. The van der Waals surface area contributed by atoms with Gasteiger partial charge in [-0.15, -0.1) is 0 Å². The molecule has 0 saturated heterocycles. The Hall–Kier alpha value is -5.78. The van der Waals surface area contributed by atoms with Crippen molar-refractivity contribution < 1.29 is 22.4 Å². The number of aromatic nitrogens is 4. The van der Waals surface area contributed by atoms with Crippen LogP contribution in [-0.2, 0) is 22.4 Å². The molecular formula is C44H30AgN4. The summed E-state index contributed by atoms with van der Waals surface area (Å²) < 4.78 is 0. The molecule has 49 heavy (non-hydrogen) atoms. The summed E-state index contributed by atoms with van der Waals surface area (Å²) in [7, 11) is 0. The molecule has 1 radical (unpaired) electrons. The first-order chi connectivity index (χ1) is 23.8. The molecule has 0 fully saturated rings. The van der Waals surface area contributed by atoms with Crippen molar-refractivity contribution in [3.8, 4) is 33.4 Å². The molecule has 0 amide bonds. The van der Waals surface area contributed by atoms with Crippen LogP contribution in [0.15, 0.2) is 152 Å². The van der Waals surface area contributed by atoms with Gasteiger partial charge in [0.25, 0.3) is 0 Å². The van der Waals surface area contributed by atoms with Crippen LogP contribution in [-0.4, -0.2) is 19.9 Å². The van der Waals surface area contributed by atoms with Gasteiger partial charge in [0.05, 0.1) is 28.3 Å². The van der Waals surface area contributed by atoms with Crippen LogP contribution >= 0.6 is 0 Å². The zero-order chi connectivity index (χ0) is 31.9. The van der Waals surface area contributed by atoms with E-state index in [-0.39, 0.29) is 22.4 Å². The molecule has 0 aliphatic carbocycles. The normalized spacial score (nSPS) is 12.0. The summed E-state index contributed by atoms with van der Waals surface area (Å²) in [6.07, 6.45) is 6.35. The number of nitrogens with one attached hydrogen (secondary N) is 2. The Balaban J connectivity index is 0.00000348. The maximum Gasteiger partial charge on any atom is 0.0815 e. The Kier molecular flexibility index (Phi) is 8.12. The molecule has 2 aliphatic heterocycles. The average molecular weight is 723 g/mol. The summed E-state index contributed by atoms with van der Waals surface area (Å²) in [5, 5.41) is 0. The van der Waals surface area contributed by atoms with Crippen molar-refractivity contribution in [3.05, 3.63) is 180 Å². The van der Waals surface area contributed by atoms with Crippen molar-refractivity contribution in [2.75, 3.05) is 0 Å². The monoisotopic (exact) mass is 721 g/mol. The third kappa shape index (κ3) is 5.83. The van der Waals surface area contributed by atoms with Crippen molar-refractivity contribution in [2.45, 2.75) is 0 Å². The summed E-state index contributed by atoms with van der Waals surface area (Å²) in [5.41, 5.74) is 16.3. The quantitative estimate of drug-likeness (QED) is 0.178. The van der Waals surface area contributed by atoms with Gasteiger partial charge < -0.3 is 9.97 Å². The third-order valence-electron chi connectivity index (χ3n) is 8.89. The van der Waals surface area contributed by atoms with Crippen LogP contribution < -0.4 is 0 Å². The molecular weight excluding hydrogens is 692 g/mol. The Morgan fingerprint density at radius 2 is 0.898 bits per heavy atom. The molecule has 0 unspecified atom stereocenters. The molecule has 0 saturated carbocycles. The molecule has 7 aromatic rings. The first-order valence-electron chi connectivity index (χ1n) is 16.2. The van der Waals surface area contributed by atoms with Crippen molar-refractivity contribution in [2.24, 2.45) is 0 Å². The standard InChI is InChI=1S/C44H30N4.Ag/c1-5-13-29(14-6-1)38-27-37-26-35-22-21-33(45-35)25-34-23-24-36(46-34)28-39-40(30-15-7-2-8-16-30)41(31-17-9-3-10-18-31)44(48-39)42(43(38)47-37)32-19-11-4-12-20-32;/h1-28,45,48H;. The fourth-order valence-electron chi connectivity index (χ4n) is 6.78. The molecule has 5 heterocycles. The van der Waals surface area contributed by atoms with E-state index >= 15 is 0 Å². The topological polar surface area (TPSA) is 57.4 Å². The molecule has 4 aromatic carbocycles. The summed E-state index contributed by atoms with van der Waals surface area (Å²) in [4.78, 5) is 17.9. The van der Waals surface area contributed by atoms with Crippen LogP contribution in [0.4, 0.5) is 0 Å². The first kappa shape index (κ1) is 30.5. The van der Waals surface area contributed by atoms with Crippen LogP contribution in [0, 0.1) is 0 Å². The van der Waals surface area contributed by atoms with E-state index in [2.05, 4.69) is 180 Å². The second-order valence-electron chi connectivity index (χ2n) is 12.0. The summed E-state index contributed by atoms with van der Waals surface area (Å²) in [6.45, 7) is 0. The van der Waals surface area contributed by atoms with Gasteiger partial charge in [0.15, 0.2) is 0 Å². The largest absolute Gasteiger partial charge is 0.355 e. The van der Waals surface area contributed by atoms with Crippen LogP contribution in [0.1, 0.15) is 28.3 Å². The zero-order valence-corrected chi connectivity index (χ0v) is 27.8. The van der Waals surface area contributed by atoms with Crippen molar-refractivity contribution in [1.82, 2.24) is 19.9 Å². The van der Waals surface area contributed by atoms with Crippen LogP contribution in [0.3, 0.4) is 0 Å². The van der Waals surface area contributed by atoms with Crippen molar-refractivity contribution in [3.63, 3.8) is 0 Å². The number of rotatable bonds is 4. The minimum absolute atomic E-state index is 0. The van der Waals surface area contributed by atoms with Gasteiger partial charge in [0, 0.05) is 61.2 Å². The molecule has 4 nitrogen and oxygen atoms in total. The number of fused-ring (bicyclic) bond motifs is 8. The molecule has 0 atom stereocenters. The first-order valence-corrected chi connectivity index (χ1v) is 16.2. The molecule has 0 spiro atoms. The van der Waals surface area contributed by atoms with E-state index in [0.717, 1.165) is 89.4 Å². The second-order valence-corrected chi connectivity index (χ2v) is 12.0. The fraction of sp³-hybridized carbons (Fsp3) is 0. The number of H-pyrrole nitrogens is 2. The van der Waals surface area contributed by atoms with Crippen molar-refractivity contribution >= 4 is 45.9 Å². The number of nitrogens with zero attached hydrogens (tertiary/aromatic N) is 2. The van der Waals surface area contributed by atoms with Gasteiger partial charge in [-0.05, 0) is 70.8 Å². The average Bonchev–Trinajstić information content (AvgIpc) is 3.94. The molecule has 8 bridgehead atoms. The predicted octanol–water partition coefficient (Wildman–Crippen LogP) is 11.1. The third-order valence-corrected chi connectivity index (χ3v) is 8.89. The van der Waals surface area contributed by atoms with E-state index in [4.69, 9.17) is 9.97 Å². The van der Waals surface area contributed by atoms with E-state index in [1.54, 1.807) is 0 Å². The van der Waals surface area contributed by atoms with Gasteiger partial charge in [0.1, 0.15) is 0 Å². The summed E-state index contributed by atoms with van der Waals surface area (Å²) in [5.74, 6) is 0. The zero-order valence-electron chi connectivity index (χ0n) is 26.4. The number of aromatic amines is 2. The smallest absolute Gasteiger partial charge is 0.0815 e. The van der Waals surface area contributed by atoms with E-state index in [0.29, 0.717) is 0 Å². The maximum absolute atomic E-state index is 5.42. The summed E-state index contributed by atoms with van der Waals surface area (Å²) in [6, 6.07) is 53.0. The molecule has 9 rings (SSSR count). The molecule has 2 N–H and O–H groups in total. The van der Waals surface area contributed by atoms with Crippen molar-refractivity contribution in [1.29, 1.82) is 0 Å². The second kappa shape index (κ2) is 13.0. The van der Waals surface area contributed by atoms with Gasteiger partial charge in [-0.3, -0.25) is 0 Å². The van der Waals surface area contributed by atoms with Gasteiger partial charge in [-0.1, -0.05) is 121 Å². The molecule has 3 aromatic heterocycles. The fourth-order valence-corrected chi connectivity index (χ4v) is 6.78. The Labute approximate surface area is 300 Å². The van der Waals surface area contributed by atoms with Gasteiger partial charge in [-0.25, -0.2) is 9.97 Å². The van der Waals surface area contributed by atoms with E-state index < -0.39 is 0 Å². The van der Waals surface area contributed by atoms with Gasteiger partial charge in [-0.2, -0.15) is 0 Å². The van der Waals surface area contributed by atoms with Crippen LogP contribution in [0.25, 0.3) is 79.2 Å². The minimum atomic E-state index is 0. The minimum Gasteiger partial charge on any atom is -0.355 e. The molecule has 237 valence electrons.